The summed E-state index contributed by atoms with van der Waals surface area (Å²) in [6.45, 7) is 8.01. The molecule has 0 aliphatic carbocycles. The van der Waals surface area contributed by atoms with E-state index in [-0.39, 0.29) is 131 Å². The largest absolute Gasteiger partial charge is 0.372 e. The van der Waals surface area contributed by atoms with Crippen LogP contribution in [0.15, 0.2) is 0 Å². The number of carbonyl (C=O) groups excluding carboxylic acids is 11. The zero-order chi connectivity index (χ0) is 65.6. The Hall–Kier alpha value is -8.24. The monoisotopic (exact) mass is 1250 g/mol. The van der Waals surface area contributed by atoms with Crippen LogP contribution in [0, 0.1) is 27.6 Å². The molecule has 35 heteroatoms. The molecule has 0 aromatic heterocycles. The van der Waals surface area contributed by atoms with Crippen LogP contribution in [0.4, 0.5) is 0 Å². The molecule has 1 saturated heterocycles. The van der Waals surface area contributed by atoms with Gasteiger partial charge < -0.3 is 102 Å². The van der Waals surface area contributed by atoms with Crippen LogP contribution in [0.5, 0.6) is 0 Å². The molecule has 0 radical (unpaired) electrons. The smallest absolute Gasteiger partial charge is 0.249 e. The average molecular weight is 1250 g/mol. The Morgan fingerprint density at radius 1 is 0.540 bits per heavy atom. The minimum Gasteiger partial charge on any atom is -0.372 e. The van der Waals surface area contributed by atoms with E-state index in [2.05, 4.69) is 69.1 Å². The van der Waals surface area contributed by atoms with Crippen LogP contribution < -0.4 is 92.1 Å². The summed E-state index contributed by atoms with van der Waals surface area (Å²) in [5.74, 6) is -9.00. The molecule has 87 heavy (non-hydrogen) atoms. The van der Waals surface area contributed by atoms with E-state index in [4.69, 9.17) is 49.3 Å². The third-order valence-electron chi connectivity index (χ3n) is 13.0. The molecule has 0 bridgehead atoms. The molecule has 25 N–H and O–H groups in total. The van der Waals surface area contributed by atoms with Crippen molar-refractivity contribution in [2.45, 2.75) is 160 Å². The lowest BCUT2D eigenvalue weighted by Crippen LogP contribution is -2.58. The van der Waals surface area contributed by atoms with E-state index >= 15 is 0 Å². The van der Waals surface area contributed by atoms with Crippen molar-refractivity contribution < 1.29 is 57.5 Å². The molecule has 0 aromatic carbocycles. The Labute approximate surface area is 511 Å². The number of guanidine groups is 4. The summed E-state index contributed by atoms with van der Waals surface area (Å²) in [4.78, 5) is 149. The summed E-state index contributed by atoms with van der Waals surface area (Å²) < 4.78 is 5.38. The standard InChI is InChI=1S/C52H96N22O12S/c1-7-23-86-27-41(78)74-22-12-17-38(74)48(85)73-36(24-29(2)3)43(80)66-26-40(77)69-37(28-87-6)47(84)67-30(4)42(79)65-25-39(76)68-33(14-9-19-62-50(55)56)44(81)71-35(16-11-21-64-52(59)60)46(83)72-34(15-10-20-63-51(57)58)45(82)70-32(31(5)75)13-8-18-61-49(53)54/h29-30,32-38H,7-28H2,1-6H3,(H,65,79)(H,66,80)(H,67,84)(H,68,76)(H,69,77)(H,70,82)(H,71,81)(H,72,83)(H,73,85)(H4,53,54,61)(H4,55,56,62)(H4,57,58,63)(H4,59,60,64)/t30-,32+,33+,34+,35+,36-,37-,38-/m0/s1. The fourth-order valence-electron chi connectivity index (χ4n) is 8.64. The lowest BCUT2D eigenvalue weighted by atomic mass is 10.0. The Morgan fingerprint density at radius 2 is 0.954 bits per heavy atom. The van der Waals surface area contributed by atoms with Gasteiger partial charge in [0.2, 0.25) is 59.1 Å². The van der Waals surface area contributed by atoms with E-state index in [1.807, 2.05) is 20.8 Å². The van der Waals surface area contributed by atoms with E-state index in [0.717, 1.165) is 6.42 Å². The number of rotatable bonds is 43. The van der Waals surface area contributed by atoms with Crippen molar-refractivity contribution in [1.29, 1.82) is 21.6 Å². The van der Waals surface area contributed by atoms with Crippen LogP contribution in [-0.2, 0) is 57.5 Å². The molecule has 0 saturated carbocycles. The molecule has 1 heterocycles. The van der Waals surface area contributed by atoms with Gasteiger partial charge in [-0.1, -0.05) is 20.8 Å². The average Bonchev–Trinajstić information content (AvgIpc) is 3.94. The number of thioether (sulfide) groups is 1. The first kappa shape index (κ1) is 76.8. The molecule has 0 unspecified atom stereocenters. The number of amides is 10. The Balaban J connectivity index is 3.18. The maximum atomic E-state index is 14.2. The van der Waals surface area contributed by atoms with Crippen molar-refractivity contribution in [2.75, 3.05) is 71.0 Å². The Kier molecular flexibility index (Phi) is 37.6. The second kappa shape index (κ2) is 42.6. The molecule has 1 fully saturated rings. The highest BCUT2D eigenvalue weighted by Gasteiger charge is 2.37. The SMILES string of the molecule is CCCOCC(=O)N1CCC[C@H]1C(=O)N[C@@H](CC(C)C)C(=O)NCC(=O)N[C@@H](CSC)C(=O)N[C@@H](C)C(=O)NCC(=O)N[C@H](CCCNC(=N)N)C(=O)N[C@H](CCCNC(=N)N)C(=O)N[C@H](CCCNC(=N)N)C(=O)N[C@H](CCCNC(=N)N)C(C)=O. The molecule has 1 aliphatic rings. The molecular weight excluding hydrogens is 1160 g/mol. The third kappa shape index (κ3) is 33.3. The second-order valence-electron chi connectivity index (χ2n) is 21.1. The zero-order valence-electron chi connectivity index (χ0n) is 50.8. The number of ether oxygens (including phenoxy) is 1. The summed E-state index contributed by atoms with van der Waals surface area (Å²) in [5.41, 5.74) is 21.7. The predicted molar refractivity (Wildman–Crippen MR) is 326 cm³/mol. The number of carbonyl (C=O) groups is 11. The van der Waals surface area contributed by atoms with Gasteiger partial charge in [-0.15, -0.1) is 0 Å². The van der Waals surface area contributed by atoms with Gasteiger partial charge in [-0.3, -0.25) is 74.4 Å². The van der Waals surface area contributed by atoms with Gasteiger partial charge in [0.25, 0.3) is 0 Å². The first-order chi connectivity index (χ1) is 41.1. The number of likely N-dealkylation sites (tertiary alicyclic amines) is 1. The first-order valence-electron chi connectivity index (χ1n) is 28.9. The molecule has 34 nitrogen and oxygen atoms in total. The maximum absolute atomic E-state index is 14.2. The second-order valence-corrected chi connectivity index (χ2v) is 22.0. The van der Waals surface area contributed by atoms with Gasteiger partial charge in [-0.25, -0.2) is 0 Å². The van der Waals surface area contributed by atoms with Gasteiger partial charge in [0.15, 0.2) is 29.6 Å². The van der Waals surface area contributed by atoms with Gasteiger partial charge in [-0.2, -0.15) is 11.8 Å². The third-order valence-corrected chi connectivity index (χ3v) is 13.7. The summed E-state index contributed by atoms with van der Waals surface area (Å²) >= 11 is 1.20. The lowest BCUT2D eigenvalue weighted by molar-refractivity contribution is -0.142. The van der Waals surface area contributed by atoms with Gasteiger partial charge in [-0.05, 0) is 103 Å². The van der Waals surface area contributed by atoms with E-state index in [9.17, 15) is 52.7 Å². The van der Waals surface area contributed by atoms with E-state index in [0.29, 0.717) is 32.4 Å². The highest BCUT2D eigenvalue weighted by molar-refractivity contribution is 7.98. The molecule has 492 valence electrons. The van der Waals surface area contributed by atoms with Gasteiger partial charge in [0, 0.05) is 45.1 Å². The van der Waals surface area contributed by atoms with E-state index in [1.54, 1.807) is 6.26 Å². The highest BCUT2D eigenvalue weighted by Crippen LogP contribution is 2.19. The number of nitrogens with one attached hydrogen (secondary N) is 17. The number of hydrogen-bond acceptors (Lipinski definition) is 17. The number of ketones is 1. The van der Waals surface area contributed by atoms with Crippen molar-refractivity contribution in [1.82, 2.24) is 74.0 Å². The van der Waals surface area contributed by atoms with Crippen LogP contribution in [0.1, 0.15) is 112 Å². The highest BCUT2D eigenvalue weighted by atomic mass is 32.2. The van der Waals surface area contributed by atoms with E-state index < -0.39 is 115 Å². The van der Waals surface area contributed by atoms with Crippen molar-refractivity contribution in [2.24, 2.45) is 28.9 Å². The Morgan fingerprint density at radius 3 is 1.38 bits per heavy atom. The predicted octanol–water partition coefficient (Wildman–Crippen LogP) is -5.90. The fourth-order valence-corrected chi connectivity index (χ4v) is 9.21. The molecule has 0 spiro atoms. The topological polar surface area (TPSA) is 556 Å². The van der Waals surface area contributed by atoms with E-state index in [1.165, 1.54) is 30.5 Å². The lowest BCUT2D eigenvalue weighted by Gasteiger charge is -2.27. The Bertz CT molecular complexity index is 2350. The quantitative estimate of drug-likeness (QED) is 0.0154. The summed E-state index contributed by atoms with van der Waals surface area (Å²) in [7, 11) is 0. The molecule has 10 amide bonds. The van der Waals surface area contributed by atoms with Crippen LogP contribution >= 0.6 is 11.8 Å². The van der Waals surface area contributed by atoms with Crippen molar-refractivity contribution in [3.05, 3.63) is 0 Å². The minimum absolute atomic E-state index is 0.0282. The van der Waals surface area contributed by atoms with Crippen molar-refractivity contribution in [3.63, 3.8) is 0 Å². The van der Waals surface area contributed by atoms with Gasteiger partial charge in [0.05, 0.1) is 19.1 Å². The summed E-state index contributed by atoms with van der Waals surface area (Å²) in [5, 5.41) is 63.4. The molecule has 8 atom stereocenters. The normalized spacial score (nSPS) is 15.0. The van der Waals surface area contributed by atoms with Gasteiger partial charge in [0.1, 0.15) is 48.9 Å². The van der Waals surface area contributed by atoms with Crippen LogP contribution in [-0.4, -0.2) is 213 Å². The number of nitrogens with zero attached hydrogens (tertiary/aromatic N) is 1. The van der Waals surface area contributed by atoms with Gasteiger partial charge >= 0.3 is 0 Å². The summed E-state index contributed by atoms with van der Waals surface area (Å²) in [6.07, 6.45) is 4.35. The molecule has 0 aromatic rings. The zero-order valence-corrected chi connectivity index (χ0v) is 51.6. The first-order valence-corrected chi connectivity index (χ1v) is 30.3. The number of Topliss-reactive ketones (excluding diaryl/α,β-unsaturated/α-hetero) is 1. The maximum Gasteiger partial charge on any atom is 0.249 e. The molecular formula is C52H96N22O12S. The van der Waals surface area contributed by atoms with Crippen LogP contribution in [0.3, 0.4) is 0 Å². The van der Waals surface area contributed by atoms with Crippen LogP contribution in [0.2, 0.25) is 0 Å². The number of hydrogen-bond donors (Lipinski definition) is 21. The van der Waals surface area contributed by atoms with Crippen molar-refractivity contribution in [3.8, 4) is 0 Å². The molecule has 1 aliphatic heterocycles. The van der Waals surface area contributed by atoms with Crippen molar-refractivity contribution >= 4 is 100 Å². The molecule has 1 rings (SSSR count). The summed E-state index contributed by atoms with van der Waals surface area (Å²) in [6, 6.07) is -9.38. The number of nitrogens with two attached hydrogens (primary N) is 4. The van der Waals surface area contributed by atoms with Crippen LogP contribution in [0.25, 0.3) is 0 Å². The fraction of sp³-hybridized carbons (Fsp3) is 0.712. The minimum atomic E-state index is -1.39.